The van der Waals surface area contributed by atoms with E-state index in [1.165, 1.54) is 6.07 Å². The molecule has 0 N–H and O–H groups in total. The van der Waals surface area contributed by atoms with Crippen molar-refractivity contribution in [2.24, 2.45) is 0 Å². The van der Waals surface area contributed by atoms with Gasteiger partial charge in [0.2, 0.25) is 5.91 Å². The minimum Gasteiger partial charge on any atom is -0.463 e. The van der Waals surface area contributed by atoms with Crippen LogP contribution in [0.15, 0.2) is 84.1 Å². The normalized spacial score (nSPS) is 17.5. The molecule has 7 nitrogen and oxygen atoms in total. The number of anilines is 1. The van der Waals surface area contributed by atoms with Crippen molar-refractivity contribution >= 4 is 23.5 Å². The number of ether oxygens (including phenoxy) is 1. The molecule has 2 aliphatic heterocycles. The number of rotatable bonds is 7. The van der Waals surface area contributed by atoms with Crippen molar-refractivity contribution in [3.63, 3.8) is 0 Å². The van der Waals surface area contributed by atoms with Gasteiger partial charge in [-0.15, -0.1) is 0 Å². The van der Waals surface area contributed by atoms with Gasteiger partial charge in [0.1, 0.15) is 5.82 Å². The molecule has 5 rings (SSSR count). The highest BCUT2D eigenvalue weighted by molar-refractivity contribution is 5.96. The molecule has 2 amide bonds. The van der Waals surface area contributed by atoms with Crippen LogP contribution in [0.25, 0.3) is 0 Å². The number of esters is 1. The quantitative estimate of drug-likeness (QED) is 0.354. The van der Waals surface area contributed by atoms with Gasteiger partial charge >= 0.3 is 5.97 Å². The largest absolute Gasteiger partial charge is 0.463 e. The van der Waals surface area contributed by atoms with Crippen LogP contribution >= 0.6 is 0 Å². The first-order valence-corrected chi connectivity index (χ1v) is 14.4. The number of nitrogens with zero attached hydrogens (tertiary/aromatic N) is 3. The van der Waals surface area contributed by atoms with E-state index in [1.807, 2.05) is 54.3 Å². The van der Waals surface area contributed by atoms with E-state index in [4.69, 9.17) is 4.74 Å². The molecule has 8 heteroatoms. The number of hydrogen-bond donors (Lipinski definition) is 0. The lowest BCUT2D eigenvalue weighted by molar-refractivity contribution is -0.140. The number of para-hydroxylation sites is 1. The Balaban J connectivity index is 1.28. The van der Waals surface area contributed by atoms with Crippen LogP contribution in [0.5, 0.6) is 0 Å². The molecular formula is C34H36FN3O4. The maximum absolute atomic E-state index is 14.2. The molecule has 3 aromatic rings. The van der Waals surface area contributed by atoms with Gasteiger partial charge < -0.3 is 19.4 Å². The van der Waals surface area contributed by atoms with Crippen LogP contribution in [0, 0.1) is 12.7 Å². The van der Waals surface area contributed by atoms with Gasteiger partial charge in [-0.2, -0.15) is 0 Å². The third-order valence-electron chi connectivity index (χ3n) is 8.10. The molecule has 0 bridgehead atoms. The number of amides is 2. The number of hydrogen-bond acceptors (Lipinski definition) is 5. The Kier molecular flexibility index (Phi) is 8.71. The molecule has 1 fully saturated rings. The predicted octanol–water partition coefficient (Wildman–Crippen LogP) is 5.45. The summed E-state index contributed by atoms with van der Waals surface area (Å²) < 4.78 is 19.6. The van der Waals surface area contributed by atoms with E-state index < -0.39 is 5.97 Å². The van der Waals surface area contributed by atoms with Gasteiger partial charge in [0.25, 0.3) is 5.91 Å². The minimum absolute atomic E-state index is 0.0704. The standard InChI is InChI=1S/C34H36FN3O4/c1-4-42-34(41)32-24(3)38(31(39)21-28(32)26-13-9-23(2)10-14-26)22-25-11-15-27(16-12-25)33(40)37-19-17-36(18-20-37)30-8-6-5-7-29(30)35/h5-16,28H,4,17-22H2,1-3H3/t28-/m0/s1. The average molecular weight is 570 g/mol. The van der Waals surface area contributed by atoms with Crippen molar-refractivity contribution in [3.8, 4) is 0 Å². The molecule has 0 spiro atoms. The molecule has 1 saturated heterocycles. The smallest absolute Gasteiger partial charge is 0.336 e. The first kappa shape index (κ1) is 29.0. The monoisotopic (exact) mass is 569 g/mol. The molecule has 0 unspecified atom stereocenters. The van der Waals surface area contributed by atoms with Gasteiger partial charge in [-0.25, -0.2) is 9.18 Å². The first-order valence-electron chi connectivity index (χ1n) is 14.4. The van der Waals surface area contributed by atoms with Crippen LogP contribution < -0.4 is 4.90 Å². The number of carbonyl (C=O) groups is 3. The maximum atomic E-state index is 14.2. The zero-order chi connectivity index (χ0) is 29.8. The molecule has 3 aromatic carbocycles. The Labute approximate surface area is 246 Å². The zero-order valence-electron chi connectivity index (χ0n) is 24.3. The van der Waals surface area contributed by atoms with E-state index in [0.717, 1.165) is 16.7 Å². The molecule has 42 heavy (non-hydrogen) atoms. The number of halogens is 1. The molecule has 2 aliphatic rings. The van der Waals surface area contributed by atoms with Crippen LogP contribution in [0.2, 0.25) is 0 Å². The predicted molar refractivity (Wildman–Crippen MR) is 159 cm³/mol. The van der Waals surface area contributed by atoms with Crippen molar-refractivity contribution in [1.82, 2.24) is 9.80 Å². The number of allylic oxidation sites excluding steroid dienone is 1. The SMILES string of the molecule is CCOC(=O)C1=C(C)N(Cc2ccc(C(=O)N3CCN(c4ccccc4F)CC3)cc2)C(=O)C[C@H]1c1ccc(C)cc1. The first-order chi connectivity index (χ1) is 20.3. The van der Waals surface area contributed by atoms with Crippen molar-refractivity contribution < 1.29 is 23.5 Å². The third-order valence-corrected chi connectivity index (χ3v) is 8.10. The molecule has 1 atom stereocenters. The summed E-state index contributed by atoms with van der Waals surface area (Å²) in [7, 11) is 0. The summed E-state index contributed by atoms with van der Waals surface area (Å²) in [5.41, 5.74) is 5.07. The van der Waals surface area contributed by atoms with Gasteiger partial charge in [-0.3, -0.25) is 9.59 Å². The maximum Gasteiger partial charge on any atom is 0.336 e. The summed E-state index contributed by atoms with van der Waals surface area (Å²) in [4.78, 5) is 45.0. The minimum atomic E-state index is -0.408. The van der Waals surface area contributed by atoms with E-state index in [-0.39, 0.29) is 43.1 Å². The number of piperazine rings is 1. The highest BCUT2D eigenvalue weighted by atomic mass is 19.1. The molecule has 0 aromatic heterocycles. The summed E-state index contributed by atoms with van der Waals surface area (Å²) in [6, 6.07) is 21.8. The van der Waals surface area contributed by atoms with E-state index >= 15 is 0 Å². The fourth-order valence-corrected chi connectivity index (χ4v) is 5.74. The van der Waals surface area contributed by atoms with Crippen LogP contribution in [-0.2, 0) is 20.9 Å². The number of benzene rings is 3. The van der Waals surface area contributed by atoms with E-state index in [2.05, 4.69) is 0 Å². The lowest BCUT2D eigenvalue weighted by atomic mass is 9.83. The fraction of sp³-hybridized carbons (Fsp3) is 0.324. The Hall–Kier alpha value is -4.46. The lowest BCUT2D eigenvalue weighted by Gasteiger charge is -2.36. The topological polar surface area (TPSA) is 70.2 Å². The molecule has 218 valence electrons. The number of carbonyl (C=O) groups excluding carboxylic acids is 3. The molecule has 2 heterocycles. The van der Waals surface area contributed by atoms with Gasteiger partial charge in [0.05, 0.1) is 24.4 Å². The van der Waals surface area contributed by atoms with Crippen molar-refractivity contribution in [2.45, 2.75) is 39.7 Å². The summed E-state index contributed by atoms with van der Waals surface area (Å²) in [6.45, 7) is 8.20. The second kappa shape index (κ2) is 12.6. The van der Waals surface area contributed by atoms with Gasteiger partial charge in [0.15, 0.2) is 0 Å². The lowest BCUT2D eigenvalue weighted by Crippen LogP contribution is -2.49. The molecular weight excluding hydrogens is 533 g/mol. The Bertz CT molecular complexity index is 1490. The third kappa shape index (κ3) is 6.08. The number of aryl methyl sites for hydroxylation is 1. The highest BCUT2D eigenvalue weighted by Gasteiger charge is 2.37. The summed E-state index contributed by atoms with van der Waals surface area (Å²) in [5.74, 6) is -1.18. The van der Waals surface area contributed by atoms with Crippen LogP contribution in [0.3, 0.4) is 0 Å². The van der Waals surface area contributed by atoms with Crippen molar-refractivity contribution in [2.75, 3.05) is 37.7 Å². The van der Waals surface area contributed by atoms with Gasteiger partial charge in [0, 0.05) is 49.8 Å². The van der Waals surface area contributed by atoms with E-state index in [9.17, 15) is 18.8 Å². The Morgan fingerprint density at radius 2 is 1.57 bits per heavy atom. The average Bonchev–Trinajstić information content (AvgIpc) is 3.00. The Morgan fingerprint density at radius 1 is 0.905 bits per heavy atom. The van der Waals surface area contributed by atoms with Crippen LogP contribution in [0.4, 0.5) is 10.1 Å². The molecule has 0 aliphatic carbocycles. The van der Waals surface area contributed by atoms with Crippen LogP contribution in [-0.4, -0.2) is 60.4 Å². The second-order valence-corrected chi connectivity index (χ2v) is 10.8. The van der Waals surface area contributed by atoms with E-state index in [1.54, 1.807) is 47.9 Å². The van der Waals surface area contributed by atoms with Crippen LogP contribution in [0.1, 0.15) is 53.2 Å². The van der Waals surface area contributed by atoms with Crippen molar-refractivity contribution in [1.29, 1.82) is 0 Å². The zero-order valence-corrected chi connectivity index (χ0v) is 24.3. The van der Waals surface area contributed by atoms with E-state index in [0.29, 0.717) is 48.7 Å². The molecule has 0 radical (unpaired) electrons. The molecule has 0 saturated carbocycles. The van der Waals surface area contributed by atoms with Gasteiger partial charge in [-0.1, -0.05) is 54.1 Å². The summed E-state index contributed by atoms with van der Waals surface area (Å²) >= 11 is 0. The second-order valence-electron chi connectivity index (χ2n) is 10.8. The highest BCUT2D eigenvalue weighted by Crippen LogP contribution is 2.38. The summed E-state index contributed by atoms with van der Waals surface area (Å²) in [6.07, 6.45) is 0.171. The fourth-order valence-electron chi connectivity index (χ4n) is 5.74. The Morgan fingerprint density at radius 3 is 2.21 bits per heavy atom. The summed E-state index contributed by atoms with van der Waals surface area (Å²) in [5, 5.41) is 0. The van der Waals surface area contributed by atoms with Crippen molar-refractivity contribution in [3.05, 3.63) is 112 Å². The van der Waals surface area contributed by atoms with Gasteiger partial charge in [-0.05, 0) is 56.2 Å².